The van der Waals surface area contributed by atoms with Crippen LogP contribution in [0.5, 0.6) is 0 Å². The van der Waals surface area contributed by atoms with E-state index in [0.29, 0.717) is 23.2 Å². The van der Waals surface area contributed by atoms with Crippen molar-refractivity contribution in [3.63, 3.8) is 0 Å². The minimum absolute atomic E-state index is 0.142. The normalized spacial score (nSPS) is 12.7. The van der Waals surface area contributed by atoms with E-state index in [0.717, 1.165) is 55.8 Å². The molecular formula is C48H33N7. The molecule has 0 atom stereocenters. The maximum atomic E-state index is 5.14. The van der Waals surface area contributed by atoms with Gasteiger partial charge in [0, 0.05) is 46.3 Å². The van der Waals surface area contributed by atoms with Crippen LogP contribution in [0.2, 0.25) is 0 Å². The highest BCUT2D eigenvalue weighted by Gasteiger charge is 2.35. The smallest absolute Gasteiger partial charge is 0.164 e. The molecule has 55 heavy (non-hydrogen) atoms. The van der Waals surface area contributed by atoms with Crippen molar-refractivity contribution >= 4 is 11.0 Å². The second kappa shape index (κ2) is 13.0. The lowest BCUT2D eigenvalue weighted by atomic mass is 9.82. The Morgan fingerprint density at radius 1 is 0.400 bits per heavy atom. The van der Waals surface area contributed by atoms with Crippen molar-refractivity contribution in [1.82, 2.24) is 34.9 Å². The number of fused-ring (bicyclic) bond motifs is 4. The van der Waals surface area contributed by atoms with E-state index < -0.39 is 0 Å². The zero-order valence-electron chi connectivity index (χ0n) is 30.2. The molecule has 7 heteroatoms. The predicted molar refractivity (Wildman–Crippen MR) is 219 cm³/mol. The molecular weight excluding hydrogens is 675 g/mol. The van der Waals surface area contributed by atoms with Crippen LogP contribution < -0.4 is 0 Å². The molecule has 0 N–H and O–H groups in total. The van der Waals surface area contributed by atoms with Crippen LogP contribution in [0.3, 0.4) is 0 Å². The van der Waals surface area contributed by atoms with Crippen molar-refractivity contribution in [3.8, 4) is 79.1 Å². The molecule has 10 rings (SSSR count). The van der Waals surface area contributed by atoms with E-state index in [4.69, 9.17) is 24.9 Å². The Morgan fingerprint density at radius 3 is 1.85 bits per heavy atom. The third kappa shape index (κ3) is 5.74. The molecule has 0 spiro atoms. The maximum absolute atomic E-state index is 5.14. The van der Waals surface area contributed by atoms with Crippen LogP contribution in [0.4, 0.5) is 0 Å². The molecule has 7 nitrogen and oxygen atoms in total. The van der Waals surface area contributed by atoms with Gasteiger partial charge in [-0.05, 0) is 81.9 Å². The third-order valence-corrected chi connectivity index (χ3v) is 10.5. The summed E-state index contributed by atoms with van der Waals surface area (Å²) in [4.78, 5) is 34.4. The van der Waals surface area contributed by atoms with Gasteiger partial charge in [-0.3, -0.25) is 9.97 Å². The van der Waals surface area contributed by atoms with Gasteiger partial charge in [-0.15, -0.1) is 0 Å². The summed E-state index contributed by atoms with van der Waals surface area (Å²) < 4.78 is 0. The largest absolute Gasteiger partial charge is 0.264 e. The van der Waals surface area contributed by atoms with Gasteiger partial charge < -0.3 is 0 Å². The van der Waals surface area contributed by atoms with E-state index in [1.165, 1.54) is 22.3 Å². The Hall–Kier alpha value is -7.25. The number of pyridine rings is 2. The van der Waals surface area contributed by atoms with Gasteiger partial charge in [0.1, 0.15) is 11.4 Å². The number of hydrogen-bond donors (Lipinski definition) is 0. The monoisotopic (exact) mass is 707 g/mol. The van der Waals surface area contributed by atoms with E-state index in [1.807, 2.05) is 79.0 Å². The Labute approximate surface area is 318 Å². The molecule has 0 fully saturated rings. The van der Waals surface area contributed by atoms with Crippen molar-refractivity contribution in [3.05, 3.63) is 175 Å². The van der Waals surface area contributed by atoms with Crippen LogP contribution in [0.15, 0.2) is 164 Å². The van der Waals surface area contributed by atoms with Crippen LogP contribution in [0.1, 0.15) is 25.0 Å². The molecule has 260 valence electrons. The zero-order chi connectivity index (χ0) is 36.9. The molecule has 4 heterocycles. The minimum atomic E-state index is -0.142. The number of rotatable bonds is 6. The van der Waals surface area contributed by atoms with Gasteiger partial charge >= 0.3 is 0 Å². The highest BCUT2D eigenvalue weighted by atomic mass is 15.0. The fourth-order valence-corrected chi connectivity index (χ4v) is 7.65. The molecule has 0 unspecified atom stereocenters. The van der Waals surface area contributed by atoms with Crippen LogP contribution in [0, 0.1) is 0 Å². The van der Waals surface area contributed by atoms with Gasteiger partial charge in [0.25, 0.3) is 0 Å². The van der Waals surface area contributed by atoms with Gasteiger partial charge in [-0.25, -0.2) is 24.9 Å². The fourth-order valence-electron chi connectivity index (χ4n) is 7.65. The minimum Gasteiger partial charge on any atom is -0.264 e. The first-order valence-electron chi connectivity index (χ1n) is 18.3. The lowest BCUT2D eigenvalue weighted by Crippen LogP contribution is -2.15. The number of benzene rings is 5. The average Bonchev–Trinajstić information content (AvgIpc) is 3.49. The van der Waals surface area contributed by atoms with Crippen LogP contribution >= 0.6 is 0 Å². The summed E-state index contributed by atoms with van der Waals surface area (Å²) in [5.41, 5.74) is 14.4. The second-order valence-electron chi connectivity index (χ2n) is 14.3. The van der Waals surface area contributed by atoms with E-state index in [9.17, 15) is 0 Å². The first-order valence-corrected chi connectivity index (χ1v) is 18.3. The van der Waals surface area contributed by atoms with Crippen molar-refractivity contribution in [2.45, 2.75) is 19.3 Å². The first-order chi connectivity index (χ1) is 27.0. The summed E-state index contributed by atoms with van der Waals surface area (Å²) in [6.07, 6.45) is 5.34. The Morgan fingerprint density at radius 2 is 1.05 bits per heavy atom. The third-order valence-electron chi connectivity index (χ3n) is 10.5. The molecule has 5 aromatic carbocycles. The van der Waals surface area contributed by atoms with E-state index >= 15 is 0 Å². The fraction of sp³-hybridized carbons (Fsp3) is 0.0625. The molecule has 0 radical (unpaired) electrons. The van der Waals surface area contributed by atoms with Gasteiger partial charge in [0.2, 0.25) is 0 Å². The summed E-state index contributed by atoms with van der Waals surface area (Å²) in [5, 5.41) is 0. The molecule has 9 aromatic rings. The van der Waals surface area contributed by atoms with E-state index in [2.05, 4.69) is 96.6 Å². The summed E-state index contributed by atoms with van der Waals surface area (Å²) in [7, 11) is 0. The number of aromatic nitrogens is 7. The van der Waals surface area contributed by atoms with Crippen molar-refractivity contribution in [2.75, 3.05) is 0 Å². The van der Waals surface area contributed by atoms with E-state index in [-0.39, 0.29) is 5.41 Å². The first kappa shape index (κ1) is 32.4. The van der Waals surface area contributed by atoms with Crippen LogP contribution in [-0.2, 0) is 5.41 Å². The number of hydrogen-bond acceptors (Lipinski definition) is 7. The Balaban J connectivity index is 1.08. The zero-order valence-corrected chi connectivity index (χ0v) is 30.2. The topological polar surface area (TPSA) is 90.2 Å². The lowest BCUT2D eigenvalue weighted by molar-refractivity contribution is 0.660. The Bertz CT molecular complexity index is 2890. The molecule has 0 amide bonds. The second-order valence-corrected chi connectivity index (χ2v) is 14.3. The highest BCUT2D eigenvalue weighted by Crippen LogP contribution is 2.49. The number of nitrogens with zero attached hydrogens (tertiary/aromatic N) is 7. The molecule has 1 aliphatic carbocycles. The van der Waals surface area contributed by atoms with Gasteiger partial charge in [-0.1, -0.05) is 111 Å². The Kier molecular flexibility index (Phi) is 7.66. The van der Waals surface area contributed by atoms with Crippen molar-refractivity contribution < 1.29 is 0 Å². The van der Waals surface area contributed by atoms with Crippen molar-refractivity contribution in [2.24, 2.45) is 0 Å². The summed E-state index contributed by atoms with van der Waals surface area (Å²) >= 11 is 0. The maximum Gasteiger partial charge on any atom is 0.164 e. The molecule has 4 aromatic heterocycles. The highest BCUT2D eigenvalue weighted by molar-refractivity contribution is 5.89. The predicted octanol–water partition coefficient (Wildman–Crippen LogP) is 10.9. The van der Waals surface area contributed by atoms with Crippen LogP contribution in [-0.4, -0.2) is 34.9 Å². The summed E-state index contributed by atoms with van der Waals surface area (Å²) in [6.45, 7) is 4.58. The molecule has 0 saturated carbocycles. The SMILES string of the molecule is CC1(C)c2ccccc2-c2ccc(-c3nc(-c4ccccc4)nc(-c4cccc(-c5ccc6nc(-c7cccnc7)c(-c7ccccn7)nc6c5)c4)n3)cc21. The lowest BCUT2D eigenvalue weighted by Gasteiger charge is -2.21. The van der Waals surface area contributed by atoms with E-state index in [1.54, 1.807) is 12.4 Å². The average molecular weight is 708 g/mol. The van der Waals surface area contributed by atoms with Gasteiger partial charge in [-0.2, -0.15) is 0 Å². The standard InChI is InChI=1S/C48H33N7/c1-48(2)38-18-7-6-17-36(38)37-22-20-34(27-39(37)48)47-54-45(30-12-4-3-5-13-30)53-46(55-47)33-15-10-14-31(26-33)32-21-23-40-42(28-32)52-44(41-19-8-9-25-50-41)43(51-40)35-16-11-24-49-29-35/h3-29H,1-2H3. The van der Waals surface area contributed by atoms with Gasteiger partial charge in [0.15, 0.2) is 17.5 Å². The van der Waals surface area contributed by atoms with Gasteiger partial charge in [0.05, 0.1) is 16.7 Å². The molecule has 0 saturated heterocycles. The quantitative estimate of drug-likeness (QED) is 0.170. The summed E-state index contributed by atoms with van der Waals surface area (Å²) in [6, 6.07) is 49.6. The summed E-state index contributed by atoms with van der Waals surface area (Å²) in [5.74, 6) is 1.87. The molecule has 0 bridgehead atoms. The molecule has 0 aliphatic heterocycles. The molecule has 1 aliphatic rings. The van der Waals surface area contributed by atoms with Crippen LogP contribution in [0.25, 0.3) is 90.1 Å². The van der Waals surface area contributed by atoms with Crippen molar-refractivity contribution in [1.29, 1.82) is 0 Å².